The average Bonchev–Trinajstić information content (AvgIpc) is 3.17. The molecule has 0 atom stereocenters. The van der Waals surface area contributed by atoms with Crippen LogP contribution in [0.2, 0.25) is 0 Å². The summed E-state index contributed by atoms with van der Waals surface area (Å²) in [6.45, 7) is 4.88. The maximum absolute atomic E-state index is 11.4. The number of thiophene rings is 1. The topological polar surface area (TPSA) is 124 Å². The van der Waals surface area contributed by atoms with E-state index in [2.05, 4.69) is 0 Å². The Balaban J connectivity index is 1.84. The molecule has 0 bridgehead atoms. The Bertz CT molecular complexity index is 1180. The molecule has 0 spiro atoms. The molecule has 1 aromatic heterocycles. The second-order valence-corrected chi connectivity index (χ2v) is 7.75. The summed E-state index contributed by atoms with van der Waals surface area (Å²) in [6.07, 6.45) is 0. The van der Waals surface area contributed by atoms with Crippen LogP contribution in [0, 0.1) is 0 Å². The van der Waals surface area contributed by atoms with E-state index in [1.807, 2.05) is 0 Å². The first-order valence-electron chi connectivity index (χ1n) is 10.1. The molecule has 0 saturated heterocycles. The molecule has 2 aromatic carbocycles. The zero-order valence-electron chi connectivity index (χ0n) is 19.1. The van der Waals surface area contributed by atoms with Crippen molar-refractivity contribution in [2.24, 2.45) is 0 Å². The molecule has 0 aliphatic rings. The van der Waals surface area contributed by atoms with Gasteiger partial charge in [-0.05, 0) is 35.7 Å². The number of carbonyl (C=O) groups excluding carboxylic acids is 4. The standard InChI is InChI=1S/C24H20O10S/c1-13(25)29-19-7-5-17(11-22(19)31-15(3)27)33-21-9-10-35-24(21)34-18-6-8-20(30-14(2)26)23(12-18)32-16(4)28/h5-12H,1-4H3. The van der Waals surface area contributed by atoms with Gasteiger partial charge in [-0.25, -0.2) is 0 Å². The molecule has 35 heavy (non-hydrogen) atoms. The minimum atomic E-state index is -0.601. The summed E-state index contributed by atoms with van der Waals surface area (Å²) in [6, 6.07) is 10.4. The predicted octanol–water partition coefficient (Wildman–Crippen LogP) is 5.03. The Morgan fingerprint density at radius 3 is 1.43 bits per heavy atom. The Morgan fingerprint density at radius 1 is 0.543 bits per heavy atom. The monoisotopic (exact) mass is 500 g/mol. The van der Waals surface area contributed by atoms with Gasteiger partial charge in [0, 0.05) is 39.8 Å². The van der Waals surface area contributed by atoms with Crippen molar-refractivity contribution in [3.05, 3.63) is 47.8 Å². The van der Waals surface area contributed by atoms with E-state index in [-0.39, 0.29) is 34.5 Å². The number of ether oxygens (including phenoxy) is 6. The summed E-state index contributed by atoms with van der Waals surface area (Å²) in [4.78, 5) is 45.5. The van der Waals surface area contributed by atoms with E-state index in [1.165, 1.54) is 75.4 Å². The third-order valence-corrected chi connectivity index (χ3v) is 4.65. The van der Waals surface area contributed by atoms with Crippen LogP contribution < -0.4 is 28.4 Å². The van der Waals surface area contributed by atoms with E-state index in [1.54, 1.807) is 11.4 Å². The summed E-state index contributed by atoms with van der Waals surface area (Å²) >= 11 is 1.23. The first kappa shape index (κ1) is 25.2. The summed E-state index contributed by atoms with van der Waals surface area (Å²) < 4.78 is 32.1. The zero-order chi connectivity index (χ0) is 25.5. The molecule has 3 aromatic rings. The van der Waals surface area contributed by atoms with Crippen LogP contribution in [0.1, 0.15) is 27.7 Å². The molecular weight excluding hydrogens is 480 g/mol. The highest BCUT2D eigenvalue weighted by molar-refractivity contribution is 7.12. The van der Waals surface area contributed by atoms with Gasteiger partial charge in [0.2, 0.25) is 5.06 Å². The first-order valence-corrected chi connectivity index (χ1v) is 10.9. The lowest BCUT2D eigenvalue weighted by atomic mass is 10.3. The van der Waals surface area contributed by atoms with Gasteiger partial charge in [0.05, 0.1) is 0 Å². The molecule has 0 fully saturated rings. The normalized spacial score (nSPS) is 10.2. The van der Waals surface area contributed by atoms with E-state index in [4.69, 9.17) is 28.4 Å². The number of esters is 4. The van der Waals surface area contributed by atoms with Gasteiger partial charge >= 0.3 is 23.9 Å². The van der Waals surface area contributed by atoms with Crippen molar-refractivity contribution in [3.8, 4) is 45.3 Å². The number of hydrogen-bond acceptors (Lipinski definition) is 11. The Morgan fingerprint density at radius 2 is 0.971 bits per heavy atom. The molecule has 11 heteroatoms. The van der Waals surface area contributed by atoms with Crippen LogP contribution in [0.4, 0.5) is 0 Å². The molecule has 3 rings (SSSR count). The first-order chi connectivity index (χ1) is 16.6. The molecule has 10 nitrogen and oxygen atoms in total. The van der Waals surface area contributed by atoms with Gasteiger partial charge in [-0.15, -0.1) is 11.3 Å². The summed E-state index contributed by atoms with van der Waals surface area (Å²) in [5.41, 5.74) is 0. The molecule has 0 radical (unpaired) electrons. The lowest BCUT2D eigenvalue weighted by molar-refractivity contribution is -0.134. The van der Waals surface area contributed by atoms with Gasteiger partial charge in [0.1, 0.15) is 11.5 Å². The highest BCUT2D eigenvalue weighted by atomic mass is 32.1. The van der Waals surface area contributed by atoms with Crippen molar-refractivity contribution >= 4 is 35.2 Å². The van der Waals surface area contributed by atoms with Crippen LogP contribution in [0.3, 0.4) is 0 Å². The quantitative estimate of drug-likeness (QED) is 0.307. The number of hydrogen-bond donors (Lipinski definition) is 0. The van der Waals surface area contributed by atoms with Gasteiger partial charge in [0.15, 0.2) is 28.7 Å². The third-order valence-electron chi connectivity index (χ3n) is 3.88. The van der Waals surface area contributed by atoms with Gasteiger partial charge in [-0.2, -0.15) is 0 Å². The summed E-state index contributed by atoms with van der Waals surface area (Å²) in [5.74, 6) is -1.30. The fourth-order valence-corrected chi connectivity index (χ4v) is 3.40. The van der Waals surface area contributed by atoms with E-state index in [9.17, 15) is 19.2 Å². The van der Waals surface area contributed by atoms with Crippen molar-refractivity contribution in [1.82, 2.24) is 0 Å². The van der Waals surface area contributed by atoms with Crippen molar-refractivity contribution in [1.29, 1.82) is 0 Å². The third kappa shape index (κ3) is 7.30. The van der Waals surface area contributed by atoms with Crippen LogP contribution >= 0.6 is 11.3 Å². The molecule has 0 N–H and O–H groups in total. The molecule has 0 unspecified atom stereocenters. The zero-order valence-corrected chi connectivity index (χ0v) is 19.9. The van der Waals surface area contributed by atoms with Crippen LogP contribution in [-0.2, 0) is 19.2 Å². The van der Waals surface area contributed by atoms with Crippen LogP contribution in [-0.4, -0.2) is 23.9 Å². The molecule has 1 heterocycles. The molecular formula is C24H20O10S. The lowest BCUT2D eigenvalue weighted by Crippen LogP contribution is -2.07. The minimum Gasteiger partial charge on any atom is -0.452 e. The summed E-state index contributed by atoms with van der Waals surface area (Å²) in [5, 5.41) is 2.09. The maximum Gasteiger partial charge on any atom is 0.308 e. The second kappa shape index (κ2) is 11.2. The minimum absolute atomic E-state index is 0.00924. The Labute approximate surface area is 203 Å². The summed E-state index contributed by atoms with van der Waals surface area (Å²) in [7, 11) is 0. The van der Waals surface area contributed by atoms with Crippen LogP contribution in [0.15, 0.2) is 47.8 Å². The Kier molecular flexibility index (Phi) is 8.05. The van der Waals surface area contributed by atoms with Gasteiger partial charge in [-0.1, -0.05) is 0 Å². The van der Waals surface area contributed by atoms with Crippen LogP contribution in [0.25, 0.3) is 0 Å². The highest BCUT2D eigenvalue weighted by Gasteiger charge is 2.17. The lowest BCUT2D eigenvalue weighted by Gasteiger charge is -2.13. The van der Waals surface area contributed by atoms with E-state index in [0.29, 0.717) is 10.8 Å². The predicted molar refractivity (Wildman–Crippen MR) is 123 cm³/mol. The van der Waals surface area contributed by atoms with Crippen molar-refractivity contribution < 1.29 is 47.6 Å². The SMILES string of the molecule is CC(=O)Oc1ccc(Oc2ccsc2Oc2ccc(OC(C)=O)c(OC(C)=O)c2)cc1OC(C)=O. The van der Waals surface area contributed by atoms with Gasteiger partial charge in [0.25, 0.3) is 0 Å². The van der Waals surface area contributed by atoms with Crippen molar-refractivity contribution in [2.75, 3.05) is 0 Å². The number of carbonyl (C=O) groups is 4. The fraction of sp³-hybridized carbons (Fsp3) is 0.167. The van der Waals surface area contributed by atoms with E-state index < -0.39 is 23.9 Å². The largest absolute Gasteiger partial charge is 0.452 e. The number of rotatable bonds is 8. The van der Waals surface area contributed by atoms with Gasteiger partial charge in [-0.3, -0.25) is 19.2 Å². The van der Waals surface area contributed by atoms with Gasteiger partial charge < -0.3 is 28.4 Å². The molecule has 0 aliphatic heterocycles. The molecule has 0 saturated carbocycles. The highest BCUT2D eigenvalue weighted by Crippen LogP contribution is 2.43. The average molecular weight is 500 g/mol. The number of benzene rings is 2. The van der Waals surface area contributed by atoms with E-state index in [0.717, 1.165) is 0 Å². The second-order valence-electron chi connectivity index (χ2n) is 6.87. The maximum atomic E-state index is 11.4. The van der Waals surface area contributed by atoms with E-state index >= 15 is 0 Å². The Hall–Kier alpha value is -4.38. The molecule has 0 amide bonds. The van der Waals surface area contributed by atoms with Crippen LogP contribution in [0.5, 0.6) is 45.3 Å². The fourth-order valence-electron chi connectivity index (χ4n) is 2.72. The van der Waals surface area contributed by atoms with Crippen molar-refractivity contribution in [3.63, 3.8) is 0 Å². The molecule has 0 aliphatic carbocycles. The van der Waals surface area contributed by atoms with Crippen molar-refractivity contribution in [2.45, 2.75) is 27.7 Å². The smallest absolute Gasteiger partial charge is 0.308 e. The molecule has 182 valence electrons.